The van der Waals surface area contributed by atoms with Gasteiger partial charge in [0.05, 0.1) is 5.69 Å². The summed E-state index contributed by atoms with van der Waals surface area (Å²) in [6.07, 6.45) is 5.55. The number of aromatic nitrogens is 1. The molecule has 2 aromatic rings. The van der Waals surface area contributed by atoms with Gasteiger partial charge in [0.2, 0.25) is 0 Å². The van der Waals surface area contributed by atoms with Crippen LogP contribution in [-0.2, 0) is 13.2 Å². The van der Waals surface area contributed by atoms with Gasteiger partial charge in [-0.3, -0.25) is 4.90 Å². The Morgan fingerprint density at radius 3 is 2.73 bits per heavy atom. The Bertz CT molecular complexity index is 669. The molecule has 2 aliphatic rings. The smallest absolute Gasteiger partial charge is 0.140 e. The van der Waals surface area contributed by atoms with E-state index in [2.05, 4.69) is 15.2 Å². The first-order valence-corrected chi connectivity index (χ1v) is 10.8. The SMILES string of the molecule is c1ccc(OCc2nc(CN3CCC(CN4CCCCC4)C3)cs2)cc1. The highest BCUT2D eigenvalue weighted by atomic mass is 32.1. The van der Waals surface area contributed by atoms with Crippen molar-refractivity contribution >= 4 is 11.3 Å². The molecule has 0 spiro atoms. The van der Waals surface area contributed by atoms with Crippen molar-refractivity contribution in [2.45, 2.75) is 38.8 Å². The van der Waals surface area contributed by atoms with Gasteiger partial charge in [0, 0.05) is 25.0 Å². The van der Waals surface area contributed by atoms with Crippen LogP contribution in [0.25, 0.3) is 0 Å². The maximum Gasteiger partial charge on any atom is 0.140 e. The summed E-state index contributed by atoms with van der Waals surface area (Å²) in [5.74, 6) is 1.75. The van der Waals surface area contributed by atoms with E-state index in [1.165, 1.54) is 64.1 Å². The number of piperidine rings is 1. The molecule has 5 heteroatoms. The van der Waals surface area contributed by atoms with Gasteiger partial charge < -0.3 is 9.64 Å². The Kier molecular flexibility index (Phi) is 6.20. The Labute approximate surface area is 160 Å². The molecule has 1 aromatic carbocycles. The number of rotatable bonds is 7. The maximum absolute atomic E-state index is 5.81. The molecule has 0 bridgehead atoms. The van der Waals surface area contributed by atoms with Crippen LogP contribution in [0.15, 0.2) is 35.7 Å². The number of nitrogens with zero attached hydrogens (tertiary/aromatic N) is 3. The van der Waals surface area contributed by atoms with Crippen LogP contribution in [0.3, 0.4) is 0 Å². The normalized spacial score (nSPS) is 21.9. The van der Waals surface area contributed by atoms with E-state index in [-0.39, 0.29) is 0 Å². The number of benzene rings is 1. The van der Waals surface area contributed by atoms with Crippen LogP contribution in [0.1, 0.15) is 36.4 Å². The lowest BCUT2D eigenvalue weighted by molar-refractivity contribution is 0.192. The Morgan fingerprint density at radius 2 is 1.88 bits per heavy atom. The lowest BCUT2D eigenvalue weighted by Gasteiger charge is -2.29. The molecule has 0 saturated carbocycles. The van der Waals surface area contributed by atoms with Crippen molar-refractivity contribution in [2.24, 2.45) is 5.92 Å². The Morgan fingerprint density at radius 1 is 1.04 bits per heavy atom. The molecule has 2 fully saturated rings. The Hall–Kier alpha value is -1.43. The van der Waals surface area contributed by atoms with E-state index >= 15 is 0 Å². The summed E-state index contributed by atoms with van der Waals surface area (Å²) < 4.78 is 5.81. The zero-order chi connectivity index (χ0) is 17.6. The largest absolute Gasteiger partial charge is 0.486 e. The summed E-state index contributed by atoms with van der Waals surface area (Å²) in [6.45, 7) is 7.91. The molecule has 26 heavy (non-hydrogen) atoms. The van der Waals surface area contributed by atoms with Gasteiger partial charge in [-0.15, -0.1) is 11.3 Å². The number of likely N-dealkylation sites (tertiary alicyclic amines) is 2. The summed E-state index contributed by atoms with van der Waals surface area (Å²) in [4.78, 5) is 10.0. The van der Waals surface area contributed by atoms with Gasteiger partial charge >= 0.3 is 0 Å². The first kappa shape index (κ1) is 18.0. The number of hydrogen-bond donors (Lipinski definition) is 0. The lowest BCUT2D eigenvalue weighted by atomic mass is 10.1. The molecule has 0 aliphatic carbocycles. The van der Waals surface area contributed by atoms with Crippen LogP contribution in [0, 0.1) is 5.92 Å². The molecule has 2 saturated heterocycles. The van der Waals surface area contributed by atoms with E-state index in [9.17, 15) is 0 Å². The second-order valence-corrected chi connectivity index (χ2v) is 8.53. The van der Waals surface area contributed by atoms with Crippen LogP contribution < -0.4 is 4.74 Å². The summed E-state index contributed by atoms with van der Waals surface area (Å²) in [7, 11) is 0. The van der Waals surface area contributed by atoms with Crippen LogP contribution in [0.5, 0.6) is 5.75 Å². The van der Waals surface area contributed by atoms with Gasteiger partial charge in [0.1, 0.15) is 17.4 Å². The predicted molar refractivity (Wildman–Crippen MR) is 107 cm³/mol. The average Bonchev–Trinajstić information content (AvgIpc) is 3.31. The van der Waals surface area contributed by atoms with Crippen molar-refractivity contribution in [3.63, 3.8) is 0 Å². The number of thiazole rings is 1. The van der Waals surface area contributed by atoms with Gasteiger partial charge in [-0.05, 0) is 56.9 Å². The molecule has 2 aliphatic heterocycles. The highest BCUT2D eigenvalue weighted by molar-refractivity contribution is 7.09. The van der Waals surface area contributed by atoms with Gasteiger partial charge in [0.15, 0.2) is 0 Å². The van der Waals surface area contributed by atoms with Gasteiger partial charge in [-0.2, -0.15) is 0 Å². The van der Waals surface area contributed by atoms with E-state index in [0.717, 1.165) is 23.2 Å². The van der Waals surface area contributed by atoms with E-state index in [0.29, 0.717) is 6.61 Å². The third-order valence-corrected chi connectivity index (χ3v) is 6.30. The average molecular weight is 372 g/mol. The molecule has 140 valence electrons. The third kappa shape index (κ3) is 5.06. The van der Waals surface area contributed by atoms with Crippen molar-refractivity contribution in [1.82, 2.24) is 14.8 Å². The molecule has 1 unspecified atom stereocenters. The first-order valence-electron chi connectivity index (χ1n) is 9.91. The van der Waals surface area contributed by atoms with Gasteiger partial charge in [-0.25, -0.2) is 4.98 Å². The van der Waals surface area contributed by atoms with Crippen LogP contribution in [0.2, 0.25) is 0 Å². The molecule has 4 rings (SSSR count). The van der Waals surface area contributed by atoms with Crippen molar-refractivity contribution in [3.05, 3.63) is 46.4 Å². The molecule has 0 amide bonds. The van der Waals surface area contributed by atoms with Crippen molar-refractivity contribution < 1.29 is 4.74 Å². The summed E-state index contributed by atoms with van der Waals surface area (Å²) >= 11 is 1.71. The molecule has 1 aromatic heterocycles. The fraction of sp³-hybridized carbons (Fsp3) is 0.571. The van der Waals surface area contributed by atoms with Crippen molar-refractivity contribution in [2.75, 3.05) is 32.7 Å². The first-order chi connectivity index (χ1) is 12.8. The second-order valence-electron chi connectivity index (χ2n) is 7.59. The predicted octanol–water partition coefficient (Wildman–Crippen LogP) is 4.03. The number of para-hydroxylation sites is 1. The van der Waals surface area contributed by atoms with Gasteiger partial charge in [-0.1, -0.05) is 24.6 Å². The Balaban J connectivity index is 1.21. The molecular weight excluding hydrogens is 342 g/mol. The minimum Gasteiger partial charge on any atom is -0.486 e. The molecule has 1 atom stereocenters. The molecule has 0 radical (unpaired) electrons. The van der Waals surface area contributed by atoms with E-state index < -0.39 is 0 Å². The van der Waals surface area contributed by atoms with Gasteiger partial charge in [0.25, 0.3) is 0 Å². The van der Waals surface area contributed by atoms with Crippen LogP contribution >= 0.6 is 11.3 Å². The van der Waals surface area contributed by atoms with E-state index in [1.807, 2.05) is 30.3 Å². The monoisotopic (exact) mass is 371 g/mol. The zero-order valence-corrected chi connectivity index (χ0v) is 16.3. The second kappa shape index (κ2) is 8.98. The minimum atomic E-state index is 0.562. The van der Waals surface area contributed by atoms with E-state index in [1.54, 1.807) is 11.3 Å². The third-order valence-electron chi connectivity index (χ3n) is 5.43. The molecular formula is C21H29N3OS. The molecule has 0 N–H and O–H groups in total. The quantitative estimate of drug-likeness (QED) is 0.735. The number of ether oxygens (including phenoxy) is 1. The van der Waals surface area contributed by atoms with Crippen molar-refractivity contribution in [3.8, 4) is 5.75 Å². The standard InChI is InChI=1S/C21H29N3OS/c1-3-7-20(8-4-1)25-16-21-22-19(17-26-21)15-24-12-9-18(14-24)13-23-10-5-2-6-11-23/h1,3-4,7-8,17-18H,2,5-6,9-16H2. The zero-order valence-electron chi connectivity index (χ0n) is 15.5. The number of hydrogen-bond acceptors (Lipinski definition) is 5. The fourth-order valence-corrected chi connectivity index (χ4v) is 4.79. The summed E-state index contributed by atoms with van der Waals surface area (Å²) in [5.41, 5.74) is 1.19. The molecule has 4 nitrogen and oxygen atoms in total. The van der Waals surface area contributed by atoms with E-state index in [4.69, 9.17) is 9.72 Å². The van der Waals surface area contributed by atoms with Crippen LogP contribution in [-0.4, -0.2) is 47.5 Å². The van der Waals surface area contributed by atoms with Crippen molar-refractivity contribution in [1.29, 1.82) is 0 Å². The maximum atomic E-state index is 5.81. The topological polar surface area (TPSA) is 28.6 Å². The minimum absolute atomic E-state index is 0.562. The summed E-state index contributed by atoms with van der Waals surface area (Å²) in [5, 5.41) is 3.26. The fourth-order valence-electron chi connectivity index (χ4n) is 4.09. The summed E-state index contributed by atoms with van der Waals surface area (Å²) in [6, 6.07) is 9.97. The highest BCUT2D eigenvalue weighted by Crippen LogP contribution is 2.22. The molecule has 3 heterocycles. The lowest BCUT2D eigenvalue weighted by Crippen LogP contribution is -2.35. The highest BCUT2D eigenvalue weighted by Gasteiger charge is 2.25. The van der Waals surface area contributed by atoms with Crippen LogP contribution in [0.4, 0.5) is 0 Å².